The molecule has 1 aromatic heterocycles. The summed E-state index contributed by atoms with van der Waals surface area (Å²) in [6, 6.07) is 8.25. The van der Waals surface area contributed by atoms with Crippen molar-refractivity contribution in [1.82, 2.24) is 9.78 Å². The van der Waals surface area contributed by atoms with Gasteiger partial charge >= 0.3 is 0 Å². The molecule has 0 fully saturated rings. The third-order valence-corrected chi connectivity index (χ3v) is 3.78. The SMILES string of the molecule is COc1cnn(C)c1C(=O)C1Cc2ccccc2C1. The monoisotopic (exact) mass is 256 g/mol. The van der Waals surface area contributed by atoms with Crippen LogP contribution in [0.1, 0.15) is 21.6 Å². The molecule has 0 saturated carbocycles. The zero-order valence-electron chi connectivity index (χ0n) is 11.1. The van der Waals surface area contributed by atoms with Crippen LogP contribution in [-0.2, 0) is 19.9 Å². The molecule has 19 heavy (non-hydrogen) atoms. The molecule has 0 bridgehead atoms. The molecule has 1 aromatic carbocycles. The topological polar surface area (TPSA) is 44.1 Å². The van der Waals surface area contributed by atoms with E-state index in [2.05, 4.69) is 17.2 Å². The Labute approximate surface area is 112 Å². The lowest BCUT2D eigenvalue weighted by atomic mass is 9.98. The number of ether oxygens (including phenoxy) is 1. The molecule has 1 aliphatic rings. The minimum Gasteiger partial charge on any atom is -0.493 e. The Morgan fingerprint density at radius 1 is 1.32 bits per heavy atom. The van der Waals surface area contributed by atoms with E-state index >= 15 is 0 Å². The van der Waals surface area contributed by atoms with Crippen LogP contribution in [0.2, 0.25) is 0 Å². The number of carbonyl (C=O) groups is 1. The lowest BCUT2D eigenvalue weighted by molar-refractivity contribution is 0.0912. The first-order chi connectivity index (χ1) is 9.20. The van der Waals surface area contributed by atoms with Crippen molar-refractivity contribution in [1.29, 1.82) is 0 Å². The van der Waals surface area contributed by atoms with Crippen LogP contribution in [0.4, 0.5) is 0 Å². The molecule has 2 aromatic rings. The Morgan fingerprint density at radius 3 is 2.53 bits per heavy atom. The minimum atomic E-state index is 0.00157. The van der Waals surface area contributed by atoms with Gasteiger partial charge in [-0.05, 0) is 24.0 Å². The van der Waals surface area contributed by atoms with E-state index in [9.17, 15) is 4.79 Å². The number of aromatic nitrogens is 2. The Balaban J connectivity index is 1.89. The van der Waals surface area contributed by atoms with E-state index in [0.717, 1.165) is 12.8 Å². The number of aryl methyl sites for hydroxylation is 1. The zero-order valence-corrected chi connectivity index (χ0v) is 11.1. The maximum Gasteiger partial charge on any atom is 0.188 e. The third-order valence-electron chi connectivity index (χ3n) is 3.78. The van der Waals surface area contributed by atoms with Crippen molar-refractivity contribution in [2.24, 2.45) is 13.0 Å². The van der Waals surface area contributed by atoms with E-state index in [1.165, 1.54) is 11.1 Å². The van der Waals surface area contributed by atoms with Crippen LogP contribution in [0.3, 0.4) is 0 Å². The summed E-state index contributed by atoms with van der Waals surface area (Å²) in [4.78, 5) is 12.6. The van der Waals surface area contributed by atoms with Gasteiger partial charge in [0, 0.05) is 13.0 Å². The maximum absolute atomic E-state index is 12.6. The number of Topliss-reactive ketones (excluding diaryl/α,β-unsaturated/α-hetero) is 1. The first-order valence-electron chi connectivity index (χ1n) is 6.37. The quantitative estimate of drug-likeness (QED) is 0.789. The van der Waals surface area contributed by atoms with Crippen molar-refractivity contribution in [2.45, 2.75) is 12.8 Å². The van der Waals surface area contributed by atoms with Crippen molar-refractivity contribution < 1.29 is 9.53 Å². The van der Waals surface area contributed by atoms with Crippen molar-refractivity contribution in [3.8, 4) is 5.75 Å². The second-order valence-electron chi connectivity index (χ2n) is 4.92. The fourth-order valence-electron chi connectivity index (χ4n) is 2.79. The molecule has 1 aliphatic carbocycles. The molecule has 3 rings (SSSR count). The number of carbonyl (C=O) groups excluding carboxylic acids is 1. The lowest BCUT2D eigenvalue weighted by Gasteiger charge is -2.09. The van der Waals surface area contributed by atoms with E-state index in [4.69, 9.17) is 4.74 Å². The average Bonchev–Trinajstić information content (AvgIpc) is 3.01. The summed E-state index contributed by atoms with van der Waals surface area (Å²) >= 11 is 0. The zero-order chi connectivity index (χ0) is 13.4. The van der Waals surface area contributed by atoms with Crippen molar-refractivity contribution in [2.75, 3.05) is 7.11 Å². The molecule has 0 N–H and O–H groups in total. The number of benzene rings is 1. The summed E-state index contributed by atoms with van der Waals surface area (Å²) in [6.45, 7) is 0. The van der Waals surface area contributed by atoms with Gasteiger partial charge in [0.2, 0.25) is 0 Å². The van der Waals surface area contributed by atoms with Gasteiger partial charge in [0.15, 0.2) is 11.5 Å². The molecule has 0 radical (unpaired) electrons. The Kier molecular flexibility index (Phi) is 2.85. The molecule has 0 amide bonds. The number of fused-ring (bicyclic) bond motifs is 1. The molecule has 1 heterocycles. The van der Waals surface area contributed by atoms with Gasteiger partial charge in [-0.15, -0.1) is 0 Å². The summed E-state index contributed by atoms with van der Waals surface area (Å²) in [6.07, 6.45) is 3.21. The number of nitrogens with zero attached hydrogens (tertiary/aromatic N) is 2. The van der Waals surface area contributed by atoms with E-state index in [-0.39, 0.29) is 11.7 Å². The van der Waals surface area contributed by atoms with Crippen molar-refractivity contribution >= 4 is 5.78 Å². The molecular weight excluding hydrogens is 240 g/mol. The average molecular weight is 256 g/mol. The highest BCUT2D eigenvalue weighted by atomic mass is 16.5. The summed E-state index contributed by atoms with van der Waals surface area (Å²) in [7, 11) is 3.34. The Hall–Kier alpha value is -2.10. The van der Waals surface area contributed by atoms with Gasteiger partial charge < -0.3 is 4.74 Å². The van der Waals surface area contributed by atoms with E-state index in [0.29, 0.717) is 11.4 Å². The molecule has 0 unspecified atom stereocenters. The second-order valence-corrected chi connectivity index (χ2v) is 4.92. The predicted octanol–water partition coefficient (Wildman–Crippen LogP) is 2.03. The standard InChI is InChI=1S/C15H16N2O2/c1-17-14(13(19-2)9-16-17)15(18)12-7-10-5-3-4-6-11(10)8-12/h3-6,9,12H,7-8H2,1-2H3. The molecule has 0 atom stereocenters. The predicted molar refractivity (Wildman–Crippen MR) is 71.4 cm³/mol. The fraction of sp³-hybridized carbons (Fsp3) is 0.333. The van der Waals surface area contributed by atoms with Gasteiger partial charge in [0.1, 0.15) is 5.69 Å². The Morgan fingerprint density at radius 2 is 1.95 bits per heavy atom. The normalized spacial score (nSPS) is 14.4. The lowest BCUT2D eigenvalue weighted by Crippen LogP contribution is -2.19. The molecule has 0 saturated heterocycles. The van der Waals surface area contributed by atoms with Crippen molar-refractivity contribution in [3.63, 3.8) is 0 Å². The first kappa shape index (κ1) is 12.0. The molecule has 4 heteroatoms. The van der Waals surface area contributed by atoms with Crippen LogP contribution in [0.15, 0.2) is 30.5 Å². The molecule has 0 aliphatic heterocycles. The number of hydrogen-bond acceptors (Lipinski definition) is 3. The maximum atomic E-state index is 12.6. The highest BCUT2D eigenvalue weighted by Crippen LogP contribution is 2.31. The van der Waals surface area contributed by atoms with E-state index < -0.39 is 0 Å². The van der Waals surface area contributed by atoms with E-state index in [1.807, 2.05) is 12.1 Å². The molecule has 0 spiro atoms. The van der Waals surface area contributed by atoms with Crippen LogP contribution in [0, 0.1) is 5.92 Å². The van der Waals surface area contributed by atoms with Crippen molar-refractivity contribution in [3.05, 3.63) is 47.3 Å². The summed E-state index contributed by atoms with van der Waals surface area (Å²) in [5.74, 6) is 0.679. The number of ketones is 1. The third kappa shape index (κ3) is 1.93. The van der Waals surface area contributed by atoms with Gasteiger partial charge in [0.25, 0.3) is 0 Å². The Bertz CT molecular complexity index is 606. The smallest absolute Gasteiger partial charge is 0.188 e. The molecule has 98 valence electrons. The van der Waals surface area contributed by atoms with Crippen LogP contribution in [-0.4, -0.2) is 22.7 Å². The second kappa shape index (κ2) is 4.53. The first-order valence-corrected chi connectivity index (χ1v) is 6.37. The fourth-order valence-corrected chi connectivity index (χ4v) is 2.79. The van der Waals surface area contributed by atoms with Gasteiger partial charge in [-0.25, -0.2) is 0 Å². The van der Waals surface area contributed by atoms with Crippen LogP contribution in [0.25, 0.3) is 0 Å². The van der Waals surface area contributed by atoms with Crippen LogP contribution >= 0.6 is 0 Å². The van der Waals surface area contributed by atoms with Gasteiger partial charge in [-0.3, -0.25) is 9.48 Å². The molecule has 4 nitrogen and oxygen atoms in total. The van der Waals surface area contributed by atoms with Crippen LogP contribution in [0.5, 0.6) is 5.75 Å². The van der Waals surface area contributed by atoms with Gasteiger partial charge in [-0.1, -0.05) is 24.3 Å². The van der Waals surface area contributed by atoms with Gasteiger partial charge in [0.05, 0.1) is 13.3 Å². The highest BCUT2D eigenvalue weighted by molar-refractivity contribution is 5.99. The summed E-state index contributed by atoms with van der Waals surface area (Å²) in [5, 5.41) is 4.10. The molecular formula is C15H16N2O2. The number of rotatable bonds is 3. The largest absolute Gasteiger partial charge is 0.493 e. The van der Waals surface area contributed by atoms with Gasteiger partial charge in [-0.2, -0.15) is 5.10 Å². The summed E-state index contributed by atoms with van der Waals surface area (Å²) in [5.41, 5.74) is 3.13. The highest BCUT2D eigenvalue weighted by Gasteiger charge is 2.31. The van der Waals surface area contributed by atoms with E-state index in [1.54, 1.807) is 25.0 Å². The number of hydrogen-bond donors (Lipinski definition) is 0. The summed E-state index contributed by atoms with van der Waals surface area (Å²) < 4.78 is 6.82. The minimum absolute atomic E-state index is 0.00157. The number of methoxy groups -OCH3 is 1. The van der Waals surface area contributed by atoms with Crippen LogP contribution < -0.4 is 4.74 Å².